The maximum absolute atomic E-state index is 11.1. The molecule has 96 valence electrons. The summed E-state index contributed by atoms with van der Waals surface area (Å²) in [5.74, 6) is -0.446. The first-order valence-corrected chi connectivity index (χ1v) is 5.73. The van der Waals surface area contributed by atoms with Crippen LogP contribution in [0.25, 0.3) is 0 Å². The van der Waals surface area contributed by atoms with Crippen LogP contribution in [-0.2, 0) is 19.1 Å². The van der Waals surface area contributed by atoms with Crippen LogP contribution in [0.1, 0.15) is 32.1 Å². The minimum atomic E-state index is -0.223. The highest BCUT2D eigenvalue weighted by Gasteiger charge is 2.03. The van der Waals surface area contributed by atoms with Crippen molar-refractivity contribution in [2.75, 3.05) is 13.2 Å². The number of unbranched alkanes of at least 4 members (excludes halogenated alkanes) is 2. The largest absolute Gasteiger partial charge is 0.461 e. The molecule has 0 rings (SSSR count). The van der Waals surface area contributed by atoms with Gasteiger partial charge in [-0.2, -0.15) is 0 Å². The first-order chi connectivity index (χ1) is 8.20. The Morgan fingerprint density at radius 2 is 1.24 bits per heavy atom. The lowest BCUT2D eigenvalue weighted by Crippen LogP contribution is -2.05. The van der Waals surface area contributed by atoms with E-state index in [1.165, 1.54) is 12.2 Å². The minimum Gasteiger partial charge on any atom is -0.461 e. The van der Waals surface area contributed by atoms with Crippen molar-refractivity contribution in [1.29, 1.82) is 0 Å². The molecule has 17 heavy (non-hydrogen) atoms. The molecule has 0 aliphatic heterocycles. The van der Waals surface area contributed by atoms with E-state index >= 15 is 0 Å². The summed E-state index contributed by atoms with van der Waals surface area (Å²) in [6.45, 7) is 7.41. The van der Waals surface area contributed by atoms with E-state index in [1.807, 2.05) is 0 Å². The van der Waals surface area contributed by atoms with Crippen LogP contribution in [-0.4, -0.2) is 25.2 Å². The molecule has 0 aromatic carbocycles. The van der Waals surface area contributed by atoms with Crippen molar-refractivity contribution in [3.63, 3.8) is 0 Å². The average molecular weight is 240 g/mol. The molecule has 4 nitrogen and oxygen atoms in total. The molecular formula is C13H20O4. The summed E-state index contributed by atoms with van der Waals surface area (Å²) >= 11 is 0. The smallest absolute Gasteiger partial charge is 0.306 e. The molecule has 0 spiro atoms. The van der Waals surface area contributed by atoms with Crippen LogP contribution in [0, 0.1) is 0 Å². The molecule has 0 aromatic heterocycles. The Kier molecular flexibility index (Phi) is 9.91. The van der Waals surface area contributed by atoms with Gasteiger partial charge in [0.15, 0.2) is 0 Å². The van der Waals surface area contributed by atoms with E-state index in [0.717, 1.165) is 19.3 Å². The fraction of sp³-hybridized carbons (Fsp3) is 0.538. The zero-order valence-corrected chi connectivity index (χ0v) is 10.2. The van der Waals surface area contributed by atoms with Crippen LogP contribution in [0.5, 0.6) is 0 Å². The van der Waals surface area contributed by atoms with Gasteiger partial charge < -0.3 is 9.47 Å². The van der Waals surface area contributed by atoms with Gasteiger partial charge in [-0.3, -0.25) is 9.59 Å². The minimum absolute atomic E-state index is 0.223. The van der Waals surface area contributed by atoms with Gasteiger partial charge in [-0.25, -0.2) is 0 Å². The maximum atomic E-state index is 11.1. The Morgan fingerprint density at radius 3 is 1.59 bits per heavy atom. The van der Waals surface area contributed by atoms with Gasteiger partial charge in [0, 0.05) is 12.8 Å². The number of hydrogen-bond acceptors (Lipinski definition) is 4. The molecule has 0 N–H and O–H groups in total. The molecule has 0 fully saturated rings. The van der Waals surface area contributed by atoms with Crippen molar-refractivity contribution in [2.45, 2.75) is 32.1 Å². The Bertz CT molecular complexity index is 232. The van der Waals surface area contributed by atoms with Crippen LogP contribution in [0.15, 0.2) is 25.3 Å². The molecule has 0 saturated carbocycles. The van der Waals surface area contributed by atoms with Crippen molar-refractivity contribution in [3.05, 3.63) is 25.3 Å². The van der Waals surface area contributed by atoms with E-state index in [1.54, 1.807) is 0 Å². The average Bonchev–Trinajstić information content (AvgIpc) is 2.33. The summed E-state index contributed by atoms with van der Waals surface area (Å²) in [7, 11) is 0. The lowest BCUT2D eigenvalue weighted by atomic mass is 10.1. The molecule has 0 radical (unpaired) electrons. The normalized spacial score (nSPS) is 9.41. The standard InChI is InChI=1S/C13H20O4/c1-3-10-16-12(14)8-6-5-7-9-13(15)17-11-4-2/h3-4H,1-2,5-11H2. The second kappa shape index (κ2) is 10.9. The highest BCUT2D eigenvalue weighted by molar-refractivity contribution is 5.70. The lowest BCUT2D eigenvalue weighted by Gasteiger charge is -2.02. The molecule has 0 aliphatic rings. The van der Waals surface area contributed by atoms with Crippen LogP contribution in [0.2, 0.25) is 0 Å². The quantitative estimate of drug-likeness (QED) is 0.334. The number of ether oxygens (including phenoxy) is 2. The van der Waals surface area contributed by atoms with E-state index in [-0.39, 0.29) is 25.2 Å². The Morgan fingerprint density at radius 1 is 0.824 bits per heavy atom. The molecule has 4 heteroatoms. The third kappa shape index (κ3) is 10.7. The monoisotopic (exact) mass is 240 g/mol. The van der Waals surface area contributed by atoms with Gasteiger partial charge in [-0.05, 0) is 12.8 Å². The Balaban J connectivity index is 3.33. The summed E-state index contributed by atoms with van der Waals surface area (Å²) in [6.07, 6.45) is 6.11. The predicted octanol–water partition coefficient (Wildman–Crippen LogP) is 2.40. The fourth-order valence-electron chi connectivity index (χ4n) is 1.16. The lowest BCUT2D eigenvalue weighted by molar-refractivity contribution is -0.142. The van der Waals surface area contributed by atoms with Gasteiger partial charge in [-0.15, -0.1) is 0 Å². The highest BCUT2D eigenvalue weighted by Crippen LogP contribution is 2.05. The Hall–Kier alpha value is -1.58. The fourth-order valence-corrected chi connectivity index (χ4v) is 1.16. The summed E-state index contributed by atoms with van der Waals surface area (Å²) < 4.78 is 9.62. The highest BCUT2D eigenvalue weighted by atomic mass is 16.5. The first kappa shape index (κ1) is 15.4. The van der Waals surface area contributed by atoms with E-state index < -0.39 is 0 Å². The van der Waals surface area contributed by atoms with Crippen LogP contribution >= 0.6 is 0 Å². The molecule has 0 heterocycles. The van der Waals surface area contributed by atoms with Crippen LogP contribution < -0.4 is 0 Å². The van der Waals surface area contributed by atoms with Gasteiger partial charge >= 0.3 is 11.9 Å². The molecule has 0 aromatic rings. The molecule has 0 atom stereocenters. The topological polar surface area (TPSA) is 52.6 Å². The van der Waals surface area contributed by atoms with E-state index in [2.05, 4.69) is 13.2 Å². The summed E-state index contributed by atoms with van der Waals surface area (Å²) in [5.41, 5.74) is 0. The molecular weight excluding hydrogens is 220 g/mol. The van der Waals surface area contributed by atoms with Crippen molar-refractivity contribution in [3.8, 4) is 0 Å². The van der Waals surface area contributed by atoms with Gasteiger partial charge in [0.1, 0.15) is 13.2 Å². The van der Waals surface area contributed by atoms with Crippen LogP contribution in [0.3, 0.4) is 0 Å². The van der Waals surface area contributed by atoms with Crippen molar-refractivity contribution in [1.82, 2.24) is 0 Å². The summed E-state index contributed by atoms with van der Waals surface area (Å²) in [6, 6.07) is 0. The predicted molar refractivity (Wildman–Crippen MR) is 65.4 cm³/mol. The van der Waals surface area contributed by atoms with Gasteiger partial charge in [0.05, 0.1) is 0 Å². The number of hydrogen-bond donors (Lipinski definition) is 0. The summed E-state index contributed by atoms with van der Waals surface area (Å²) in [4.78, 5) is 22.1. The molecule has 0 unspecified atom stereocenters. The molecule has 0 amide bonds. The van der Waals surface area contributed by atoms with E-state index in [4.69, 9.17) is 9.47 Å². The SMILES string of the molecule is C=CCOC(=O)CCCCCC(=O)OCC=C. The first-order valence-electron chi connectivity index (χ1n) is 5.73. The molecule has 0 saturated heterocycles. The third-order valence-electron chi connectivity index (χ3n) is 1.99. The van der Waals surface area contributed by atoms with E-state index in [9.17, 15) is 9.59 Å². The number of carbonyl (C=O) groups excluding carboxylic acids is 2. The second-order valence-electron chi connectivity index (χ2n) is 3.50. The van der Waals surface area contributed by atoms with Crippen molar-refractivity contribution in [2.24, 2.45) is 0 Å². The Labute approximate surface area is 102 Å². The van der Waals surface area contributed by atoms with Crippen molar-refractivity contribution >= 4 is 11.9 Å². The zero-order chi connectivity index (χ0) is 12.9. The third-order valence-corrected chi connectivity index (χ3v) is 1.99. The zero-order valence-electron chi connectivity index (χ0n) is 10.2. The molecule has 0 bridgehead atoms. The molecule has 0 aliphatic carbocycles. The van der Waals surface area contributed by atoms with Crippen LogP contribution in [0.4, 0.5) is 0 Å². The summed E-state index contributed by atoms with van der Waals surface area (Å²) in [5, 5.41) is 0. The second-order valence-corrected chi connectivity index (χ2v) is 3.50. The van der Waals surface area contributed by atoms with E-state index in [0.29, 0.717) is 12.8 Å². The van der Waals surface area contributed by atoms with Gasteiger partial charge in [0.2, 0.25) is 0 Å². The number of esters is 2. The number of carbonyl (C=O) groups is 2. The van der Waals surface area contributed by atoms with Gasteiger partial charge in [0.25, 0.3) is 0 Å². The van der Waals surface area contributed by atoms with Gasteiger partial charge in [-0.1, -0.05) is 31.7 Å². The maximum Gasteiger partial charge on any atom is 0.306 e. The van der Waals surface area contributed by atoms with Crippen molar-refractivity contribution < 1.29 is 19.1 Å². The number of rotatable bonds is 10.